The van der Waals surface area contributed by atoms with Crippen LogP contribution in [0.4, 0.5) is 5.69 Å². The number of H-pyrrole nitrogens is 1. The van der Waals surface area contributed by atoms with Crippen LogP contribution in [0.25, 0.3) is 0 Å². The van der Waals surface area contributed by atoms with Crippen molar-refractivity contribution in [3.63, 3.8) is 0 Å². The molecule has 0 atom stereocenters. The minimum absolute atomic E-state index is 0.0717. The number of nitrogens with one attached hydrogen (secondary N) is 3. The fourth-order valence-corrected chi connectivity index (χ4v) is 1.73. The molecule has 2 rings (SSSR count). The van der Waals surface area contributed by atoms with E-state index in [0.717, 1.165) is 30.2 Å². The number of hydrogen-bond acceptors (Lipinski definition) is 4. The minimum Gasteiger partial charge on any atom is -0.363 e. The Morgan fingerprint density at radius 2 is 2.24 bits per heavy atom. The number of carbonyl (C=O) groups excluding carboxylic acids is 1. The molecule has 1 aromatic rings. The molecule has 0 saturated carbocycles. The zero-order valence-corrected chi connectivity index (χ0v) is 10.4. The van der Waals surface area contributed by atoms with Gasteiger partial charge in [0.1, 0.15) is 6.61 Å². The highest BCUT2D eigenvalue weighted by molar-refractivity contribution is 5.92. The monoisotopic (exact) mass is 238 g/mol. The largest absolute Gasteiger partial charge is 0.363 e. The van der Waals surface area contributed by atoms with Crippen molar-refractivity contribution < 1.29 is 9.53 Å². The first-order valence-electron chi connectivity index (χ1n) is 5.66. The molecule has 1 aliphatic heterocycles. The molecule has 6 nitrogen and oxygen atoms in total. The summed E-state index contributed by atoms with van der Waals surface area (Å²) in [5.74, 6) is -0.147. The number of hydrogen-bond donors (Lipinski definition) is 3. The molecule has 0 spiro atoms. The Labute approximate surface area is 100 Å². The third kappa shape index (κ3) is 2.65. The van der Waals surface area contributed by atoms with Crippen LogP contribution in [-0.4, -0.2) is 41.4 Å². The summed E-state index contributed by atoms with van der Waals surface area (Å²) in [4.78, 5) is 11.7. The Morgan fingerprint density at radius 3 is 2.71 bits per heavy atom. The van der Waals surface area contributed by atoms with Gasteiger partial charge in [-0.25, -0.2) is 0 Å². The van der Waals surface area contributed by atoms with Crippen molar-refractivity contribution in [2.45, 2.75) is 26.4 Å². The highest BCUT2D eigenvalue weighted by Crippen LogP contribution is 2.17. The summed E-state index contributed by atoms with van der Waals surface area (Å²) in [6.07, 6.45) is 0. The highest BCUT2D eigenvalue weighted by atomic mass is 16.5. The summed E-state index contributed by atoms with van der Waals surface area (Å²) in [5.41, 5.74) is 2.19. The quantitative estimate of drug-likeness (QED) is 0.707. The maximum atomic E-state index is 11.7. The molecule has 1 aliphatic rings. The van der Waals surface area contributed by atoms with Gasteiger partial charge in [0.15, 0.2) is 0 Å². The van der Waals surface area contributed by atoms with Crippen molar-refractivity contribution in [1.29, 1.82) is 0 Å². The maximum absolute atomic E-state index is 11.7. The van der Waals surface area contributed by atoms with Gasteiger partial charge in [-0.05, 0) is 20.8 Å². The summed E-state index contributed by atoms with van der Waals surface area (Å²) >= 11 is 0. The summed E-state index contributed by atoms with van der Waals surface area (Å²) in [7, 11) is 0. The van der Waals surface area contributed by atoms with Crippen LogP contribution in [0.1, 0.15) is 18.3 Å². The number of rotatable bonds is 4. The SMILES string of the molecule is Cc1n[nH]c(C)c1NC(=O)COC1(C)CNC1. The Bertz CT molecular complexity index is 404. The molecule has 3 N–H and O–H groups in total. The lowest BCUT2D eigenvalue weighted by atomic mass is 10.0. The van der Waals surface area contributed by atoms with E-state index in [2.05, 4.69) is 20.8 Å². The number of aromatic amines is 1. The molecule has 0 aliphatic carbocycles. The third-order valence-corrected chi connectivity index (χ3v) is 2.94. The second-order valence-electron chi connectivity index (χ2n) is 4.70. The summed E-state index contributed by atoms with van der Waals surface area (Å²) in [5, 5.41) is 12.8. The van der Waals surface area contributed by atoms with E-state index in [1.54, 1.807) is 0 Å². The van der Waals surface area contributed by atoms with Crippen LogP contribution in [0, 0.1) is 13.8 Å². The van der Waals surface area contributed by atoms with E-state index in [1.165, 1.54) is 0 Å². The fraction of sp³-hybridized carbons (Fsp3) is 0.636. The lowest BCUT2D eigenvalue weighted by Crippen LogP contribution is -2.59. The van der Waals surface area contributed by atoms with Gasteiger partial charge in [0.05, 0.1) is 22.7 Å². The lowest BCUT2D eigenvalue weighted by Gasteiger charge is -2.38. The van der Waals surface area contributed by atoms with Gasteiger partial charge in [-0.3, -0.25) is 9.89 Å². The Hall–Kier alpha value is -1.40. The van der Waals surface area contributed by atoms with Gasteiger partial charge in [0.25, 0.3) is 0 Å². The van der Waals surface area contributed by atoms with E-state index >= 15 is 0 Å². The summed E-state index contributed by atoms with van der Waals surface area (Å²) in [6, 6.07) is 0. The Kier molecular flexibility index (Phi) is 3.17. The van der Waals surface area contributed by atoms with Crippen LogP contribution in [0.15, 0.2) is 0 Å². The number of ether oxygens (including phenoxy) is 1. The first-order chi connectivity index (χ1) is 8.00. The van der Waals surface area contributed by atoms with Crippen molar-refractivity contribution in [1.82, 2.24) is 15.5 Å². The molecule has 2 heterocycles. The number of aryl methyl sites for hydroxylation is 2. The van der Waals surface area contributed by atoms with E-state index in [1.807, 2.05) is 20.8 Å². The van der Waals surface area contributed by atoms with Crippen LogP contribution in [0.3, 0.4) is 0 Å². The van der Waals surface area contributed by atoms with Gasteiger partial charge in [0.2, 0.25) is 5.91 Å². The van der Waals surface area contributed by atoms with Gasteiger partial charge in [-0.15, -0.1) is 0 Å². The molecule has 1 fully saturated rings. The highest BCUT2D eigenvalue weighted by Gasteiger charge is 2.33. The van der Waals surface area contributed by atoms with Crippen LogP contribution in [-0.2, 0) is 9.53 Å². The number of carbonyl (C=O) groups is 1. The molecular formula is C11H18N4O2. The molecule has 94 valence electrons. The van der Waals surface area contributed by atoms with Crippen molar-refractivity contribution in [3.05, 3.63) is 11.4 Å². The topological polar surface area (TPSA) is 79.0 Å². The molecule has 17 heavy (non-hydrogen) atoms. The van der Waals surface area contributed by atoms with Crippen molar-refractivity contribution in [2.75, 3.05) is 25.0 Å². The van der Waals surface area contributed by atoms with E-state index in [0.29, 0.717) is 0 Å². The molecule has 6 heteroatoms. The molecule has 1 amide bonds. The summed E-state index contributed by atoms with van der Waals surface area (Å²) < 4.78 is 5.55. The minimum atomic E-state index is -0.197. The van der Waals surface area contributed by atoms with Gasteiger partial charge >= 0.3 is 0 Å². The molecule has 1 saturated heterocycles. The van der Waals surface area contributed by atoms with Crippen molar-refractivity contribution >= 4 is 11.6 Å². The lowest BCUT2D eigenvalue weighted by molar-refractivity contribution is -0.130. The molecule has 0 unspecified atom stereocenters. The van der Waals surface area contributed by atoms with Crippen molar-refractivity contribution in [3.8, 4) is 0 Å². The first-order valence-corrected chi connectivity index (χ1v) is 5.66. The molecular weight excluding hydrogens is 220 g/mol. The van der Waals surface area contributed by atoms with Gasteiger partial charge < -0.3 is 15.4 Å². The van der Waals surface area contributed by atoms with Crippen molar-refractivity contribution in [2.24, 2.45) is 0 Å². The van der Waals surface area contributed by atoms with E-state index in [9.17, 15) is 4.79 Å². The van der Waals surface area contributed by atoms with E-state index in [4.69, 9.17) is 4.74 Å². The molecule has 0 aromatic carbocycles. The second-order valence-corrected chi connectivity index (χ2v) is 4.70. The second kappa shape index (κ2) is 4.46. The molecule has 0 bridgehead atoms. The standard InChI is InChI=1S/C11H18N4O2/c1-7-10(8(2)15-14-7)13-9(16)4-17-11(3)5-12-6-11/h12H,4-6H2,1-3H3,(H,13,16)(H,14,15). The normalized spacial score (nSPS) is 17.6. The van der Waals surface area contributed by atoms with Gasteiger partial charge in [0, 0.05) is 13.1 Å². The predicted octanol–water partition coefficient (Wildman–Crippen LogP) is 0.344. The van der Waals surface area contributed by atoms with Gasteiger partial charge in [-0.1, -0.05) is 0 Å². The smallest absolute Gasteiger partial charge is 0.250 e. The van der Waals surface area contributed by atoms with E-state index in [-0.39, 0.29) is 18.1 Å². The first kappa shape index (κ1) is 12.1. The van der Waals surface area contributed by atoms with Gasteiger partial charge in [-0.2, -0.15) is 5.10 Å². The van der Waals surface area contributed by atoms with Crippen LogP contribution in [0.5, 0.6) is 0 Å². The third-order valence-electron chi connectivity index (χ3n) is 2.94. The number of amides is 1. The summed E-state index contributed by atoms with van der Waals surface area (Å²) in [6.45, 7) is 7.37. The number of nitrogens with zero attached hydrogens (tertiary/aromatic N) is 1. The van der Waals surface area contributed by atoms with Crippen LogP contribution >= 0.6 is 0 Å². The zero-order valence-electron chi connectivity index (χ0n) is 10.4. The Morgan fingerprint density at radius 1 is 1.53 bits per heavy atom. The van der Waals surface area contributed by atoms with Crippen LogP contribution < -0.4 is 10.6 Å². The predicted molar refractivity (Wildman–Crippen MR) is 63.9 cm³/mol. The Balaban J connectivity index is 1.85. The number of anilines is 1. The molecule has 0 radical (unpaired) electrons. The average Bonchev–Trinajstić information content (AvgIpc) is 2.55. The fourth-order valence-electron chi connectivity index (χ4n) is 1.73. The maximum Gasteiger partial charge on any atom is 0.250 e. The number of aromatic nitrogens is 2. The van der Waals surface area contributed by atoms with E-state index < -0.39 is 0 Å². The van der Waals surface area contributed by atoms with Crippen LogP contribution in [0.2, 0.25) is 0 Å². The molecule has 1 aromatic heterocycles. The zero-order chi connectivity index (χ0) is 12.5. The average molecular weight is 238 g/mol.